The van der Waals surface area contributed by atoms with E-state index < -0.39 is 6.04 Å². The molecule has 1 N–H and O–H groups in total. The molecule has 4 nitrogen and oxygen atoms in total. The van der Waals surface area contributed by atoms with Gasteiger partial charge in [0.05, 0.1) is 5.75 Å². The van der Waals surface area contributed by atoms with Gasteiger partial charge in [-0.2, -0.15) is 0 Å². The molecule has 0 aromatic heterocycles. The molecule has 0 saturated carbocycles. The summed E-state index contributed by atoms with van der Waals surface area (Å²) in [5.74, 6) is 0.270. The lowest BCUT2D eigenvalue weighted by Crippen LogP contribution is -2.49. The fourth-order valence-corrected chi connectivity index (χ4v) is 4.22. The van der Waals surface area contributed by atoms with Gasteiger partial charge in [0, 0.05) is 23.9 Å². The Balaban J connectivity index is 2.10. The molecule has 0 bridgehead atoms. The number of unbranched alkanes of at least 4 members (excludes halogenated alkanes) is 1. The number of carbonyl (C=O) groups excluding carboxylic acids is 2. The van der Waals surface area contributed by atoms with Crippen molar-refractivity contribution < 1.29 is 14.0 Å². The summed E-state index contributed by atoms with van der Waals surface area (Å²) in [5, 5.41) is 3.52. The first-order valence-corrected chi connectivity index (χ1v) is 12.1. The molecule has 0 aliphatic heterocycles. The molecule has 0 aliphatic rings. The van der Waals surface area contributed by atoms with Crippen LogP contribution < -0.4 is 5.32 Å². The van der Waals surface area contributed by atoms with Crippen molar-refractivity contribution in [1.29, 1.82) is 0 Å². The second-order valence-corrected chi connectivity index (χ2v) is 8.69. The Morgan fingerprint density at radius 2 is 1.84 bits per heavy atom. The number of rotatable bonds is 12. The molecule has 2 amide bonds. The molecular weight excluding hydrogens is 435 g/mol. The Labute approximate surface area is 193 Å². The van der Waals surface area contributed by atoms with Gasteiger partial charge in [-0.3, -0.25) is 9.59 Å². The van der Waals surface area contributed by atoms with Gasteiger partial charge in [-0.1, -0.05) is 62.2 Å². The quantitative estimate of drug-likeness (QED) is 0.426. The molecule has 7 heteroatoms. The summed E-state index contributed by atoms with van der Waals surface area (Å²) in [6, 6.07) is 13.0. The van der Waals surface area contributed by atoms with Crippen molar-refractivity contribution in [3.8, 4) is 0 Å². The number of nitrogens with one attached hydrogen (secondary N) is 1. The van der Waals surface area contributed by atoms with E-state index in [2.05, 4.69) is 12.2 Å². The maximum absolute atomic E-state index is 13.2. The molecule has 0 aliphatic carbocycles. The van der Waals surface area contributed by atoms with Crippen LogP contribution in [-0.2, 0) is 21.9 Å². The Bertz CT molecular complexity index is 848. The van der Waals surface area contributed by atoms with Gasteiger partial charge in [0.25, 0.3) is 0 Å². The first kappa shape index (κ1) is 25.2. The van der Waals surface area contributed by atoms with Crippen LogP contribution in [0.4, 0.5) is 4.39 Å². The minimum atomic E-state index is -0.563. The average molecular weight is 465 g/mol. The summed E-state index contributed by atoms with van der Waals surface area (Å²) in [6.45, 7) is 4.84. The van der Waals surface area contributed by atoms with E-state index in [0.29, 0.717) is 23.7 Å². The summed E-state index contributed by atoms with van der Waals surface area (Å²) in [6.07, 6.45) is 2.39. The van der Waals surface area contributed by atoms with Crippen LogP contribution in [-0.4, -0.2) is 35.1 Å². The van der Waals surface area contributed by atoms with E-state index in [0.717, 1.165) is 24.0 Å². The molecule has 2 rings (SSSR count). The van der Waals surface area contributed by atoms with E-state index >= 15 is 0 Å². The SMILES string of the molecule is CCCCNC(=O)[C@H](CC)N(Cc1ccccc1Cl)C(=O)CSCc1ccc(F)cc1. The fraction of sp³-hybridized carbons (Fsp3) is 0.417. The van der Waals surface area contributed by atoms with E-state index in [9.17, 15) is 14.0 Å². The highest BCUT2D eigenvalue weighted by Crippen LogP contribution is 2.21. The largest absolute Gasteiger partial charge is 0.354 e. The molecule has 0 radical (unpaired) electrons. The van der Waals surface area contributed by atoms with Gasteiger partial charge in [0.15, 0.2) is 0 Å². The monoisotopic (exact) mass is 464 g/mol. The second kappa shape index (κ2) is 13.4. The Kier molecular flexibility index (Phi) is 10.9. The zero-order chi connectivity index (χ0) is 22.6. The normalized spacial score (nSPS) is 11.7. The number of hydrogen-bond donors (Lipinski definition) is 1. The first-order chi connectivity index (χ1) is 15.0. The number of carbonyl (C=O) groups is 2. The number of hydrogen-bond acceptors (Lipinski definition) is 3. The molecule has 0 unspecified atom stereocenters. The Morgan fingerprint density at radius 1 is 1.13 bits per heavy atom. The fourth-order valence-electron chi connectivity index (χ4n) is 3.16. The standard InChI is InChI=1S/C24H30ClFN2O2S/c1-3-5-14-27-24(30)22(4-2)28(15-19-8-6-7-9-21(19)25)23(29)17-31-16-18-10-12-20(26)13-11-18/h6-13,22H,3-5,14-17H2,1-2H3,(H,27,30)/t22-/m0/s1. The summed E-state index contributed by atoms with van der Waals surface area (Å²) < 4.78 is 13.1. The lowest BCUT2D eigenvalue weighted by Gasteiger charge is -2.31. The molecule has 0 fully saturated rings. The Morgan fingerprint density at radius 3 is 2.48 bits per heavy atom. The third kappa shape index (κ3) is 8.19. The van der Waals surface area contributed by atoms with Gasteiger partial charge >= 0.3 is 0 Å². The van der Waals surface area contributed by atoms with Gasteiger partial charge in [0.2, 0.25) is 11.8 Å². The molecule has 168 valence electrons. The van der Waals surface area contributed by atoms with Crippen molar-refractivity contribution in [1.82, 2.24) is 10.2 Å². The average Bonchev–Trinajstić information content (AvgIpc) is 2.76. The van der Waals surface area contributed by atoms with Crippen LogP contribution in [0.5, 0.6) is 0 Å². The van der Waals surface area contributed by atoms with Gasteiger partial charge in [-0.15, -0.1) is 11.8 Å². The molecule has 31 heavy (non-hydrogen) atoms. The molecule has 2 aromatic carbocycles. The molecule has 0 saturated heterocycles. The zero-order valence-electron chi connectivity index (χ0n) is 18.1. The third-order valence-electron chi connectivity index (χ3n) is 4.92. The van der Waals surface area contributed by atoms with Crippen molar-refractivity contribution in [2.75, 3.05) is 12.3 Å². The van der Waals surface area contributed by atoms with Gasteiger partial charge < -0.3 is 10.2 Å². The third-order valence-corrected chi connectivity index (χ3v) is 6.28. The number of amides is 2. The van der Waals surface area contributed by atoms with E-state index in [1.54, 1.807) is 23.1 Å². The summed E-state index contributed by atoms with van der Waals surface area (Å²) in [4.78, 5) is 27.6. The summed E-state index contributed by atoms with van der Waals surface area (Å²) in [5.41, 5.74) is 1.75. The molecule has 0 heterocycles. The van der Waals surface area contributed by atoms with Crippen LogP contribution in [0, 0.1) is 5.82 Å². The molecular formula is C24H30ClFN2O2S. The van der Waals surface area contributed by atoms with Crippen LogP contribution in [0.1, 0.15) is 44.2 Å². The van der Waals surface area contributed by atoms with Gasteiger partial charge in [-0.25, -0.2) is 4.39 Å². The molecule has 1 atom stereocenters. The number of benzene rings is 2. The highest BCUT2D eigenvalue weighted by Gasteiger charge is 2.28. The van der Waals surface area contributed by atoms with E-state index in [-0.39, 0.29) is 29.9 Å². The highest BCUT2D eigenvalue weighted by atomic mass is 35.5. The lowest BCUT2D eigenvalue weighted by atomic mass is 10.1. The number of halogens is 2. The van der Waals surface area contributed by atoms with Crippen LogP contribution >= 0.6 is 23.4 Å². The maximum Gasteiger partial charge on any atom is 0.242 e. The van der Waals surface area contributed by atoms with Crippen LogP contribution in [0.3, 0.4) is 0 Å². The second-order valence-electron chi connectivity index (χ2n) is 7.30. The number of thioether (sulfide) groups is 1. The van der Waals surface area contributed by atoms with E-state index in [4.69, 9.17) is 11.6 Å². The van der Waals surface area contributed by atoms with Crippen molar-refractivity contribution in [2.45, 2.75) is 51.4 Å². The summed E-state index contributed by atoms with van der Waals surface area (Å²) >= 11 is 7.77. The van der Waals surface area contributed by atoms with Crippen LogP contribution in [0.15, 0.2) is 48.5 Å². The van der Waals surface area contributed by atoms with Crippen molar-refractivity contribution in [3.05, 3.63) is 70.5 Å². The molecule has 2 aromatic rings. The minimum Gasteiger partial charge on any atom is -0.354 e. The van der Waals surface area contributed by atoms with Crippen molar-refractivity contribution in [2.24, 2.45) is 0 Å². The topological polar surface area (TPSA) is 49.4 Å². The van der Waals surface area contributed by atoms with Gasteiger partial charge in [0.1, 0.15) is 11.9 Å². The van der Waals surface area contributed by atoms with E-state index in [1.165, 1.54) is 23.9 Å². The maximum atomic E-state index is 13.2. The van der Waals surface area contributed by atoms with E-state index in [1.807, 2.05) is 25.1 Å². The smallest absolute Gasteiger partial charge is 0.242 e. The molecule has 0 spiro atoms. The zero-order valence-corrected chi connectivity index (χ0v) is 19.6. The van der Waals surface area contributed by atoms with Crippen molar-refractivity contribution in [3.63, 3.8) is 0 Å². The number of nitrogens with zero attached hydrogens (tertiary/aromatic N) is 1. The highest BCUT2D eigenvalue weighted by molar-refractivity contribution is 7.99. The predicted octanol–water partition coefficient (Wildman–Crippen LogP) is 5.44. The van der Waals surface area contributed by atoms with Gasteiger partial charge in [-0.05, 0) is 42.2 Å². The van der Waals surface area contributed by atoms with Crippen LogP contribution in [0.25, 0.3) is 0 Å². The summed E-state index contributed by atoms with van der Waals surface area (Å²) in [7, 11) is 0. The minimum absolute atomic E-state index is 0.121. The van der Waals surface area contributed by atoms with Crippen molar-refractivity contribution >= 4 is 35.2 Å². The predicted molar refractivity (Wildman–Crippen MR) is 127 cm³/mol. The lowest BCUT2D eigenvalue weighted by molar-refractivity contribution is -0.139. The van der Waals surface area contributed by atoms with Crippen LogP contribution in [0.2, 0.25) is 5.02 Å². The Hall–Kier alpha value is -2.05. The first-order valence-electron chi connectivity index (χ1n) is 10.6.